The van der Waals surface area contributed by atoms with Crippen LogP contribution in [0.1, 0.15) is 18.7 Å². The Morgan fingerprint density at radius 1 is 1.43 bits per heavy atom. The van der Waals surface area contributed by atoms with Gasteiger partial charge in [0.1, 0.15) is 0 Å². The molecule has 0 unspecified atom stereocenters. The van der Waals surface area contributed by atoms with Crippen LogP contribution < -0.4 is 16.2 Å². The van der Waals surface area contributed by atoms with Crippen LogP contribution in [0.15, 0.2) is 35.7 Å². The van der Waals surface area contributed by atoms with E-state index in [9.17, 15) is 10.1 Å². The molecule has 0 radical (unpaired) electrons. The SMILES string of the molecule is CC(C)N(Cc1cccs1)c1cc(NN)cc([N+](=O)[O-])c1. The van der Waals surface area contributed by atoms with Crippen molar-refractivity contribution in [2.24, 2.45) is 5.84 Å². The lowest BCUT2D eigenvalue weighted by Gasteiger charge is -2.28. The average Bonchev–Trinajstić information content (AvgIpc) is 2.96. The van der Waals surface area contributed by atoms with Crippen LogP contribution in [0.5, 0.6) is 0 Å². The summed E-state index contributed by atoms with van der Waals surface area (Å²) < 4.78 is 0. The van der Waals surface area contributed by atoms with Gasteiger partial charge < -0.3 is 10.3 Å². The van der Waals surface area contributed by atoms with E-state index in [1.165, 1.54) is 10.9 Å². The Bertz CT molecular complexity index is 613. The van der Waals surface area contributed by atoms with Crippen LogP contribution in [0.2, 0.25) is 0 Å². The monoisotopic (exact) mass is 306 g/mol. The molecule has 0 saturated heterocycles. The molecule has 3 N–H and O–H groups in total. The molecule has 0 spiro atoms. The molecule has 2 aromatic rings. The largest absolute Gasteiger partial charge is 0.364 e. The van der Waals surface area contributed by atoms with Crippen molar-refractivity contribution in [2.45, 2.75) is 26.4 Å². The number of nitrogens with two attached hydrogens (primary N) is 1. The Kier molecular flexibility index (Phi) is 4.77. The number of anilines is 2. The van der Waals surface area contributed by atoms with E-state index in [-0.39, 0.29) is 11.7 Å². The number of nitro benzene ring substituents is 1. The summed E-state index contributed by atoms with van der Waals surface area (Å²) in [6.45, 7) is 4.82. The van der Waals surface area contributed by atoms with Gasteiger partial charge in [-0.3, -0.25) is 16.0 Å². The third-order valence-corrected chi connectivity index (χ3v) is 4.00. The summed E-state index contributed by atoms with van der Waals surface area (Å²) in [7, 11) is 0. The number of nitrogens with zero attached hydrogens (tertiary/aromatic N) is 2. The molecule has 0 fully saturated rings. The summed E-state index contributed by atoms with van der Waals surface area (Å²) in [5.41, 5.74) is 3.81. The van der Waals surface area contributed by atoms with Crippen LogP contribution in [0, 0.1) is 10.1 Å². The Morgan fingerprint density at radius 3 is 2.71 bits per heavy atom. The van der Waals surface area contributed by atoms with Crippen molar-refractivity contribution in [1.82, 2.24) is 0 Å². The van der Waals surface area contributed by atoms with E-state index in [0.717, 1.165) is 5.69 Å². The highest BCUT2D eigenvalue weighted by atomic mass is 32.1. The molecule has 1 aromatic heterocycles. The lowest BCUT2D eigenvalue weighted by Crippen LogP contribution is -2.30. The predicted octanol–water partition coefficient (Wildman–Crippen LogP) is 3.36. The van der Waals surface area contributed by atoms with Crippen LogP contribution in [-0.4, -0.2) is 11.0 Å². The summed E-state index contributed by atoms with van der Waals surface area (Å²) in [6.07, 6.45) is 0. The summed E-state index contributed by atoms with van der Waals surface area (Å²) in [5.74, 6) is 5.41. The zero-order valence-electron chi connectivity index (χ0n) is 11.9. The van der Waals surface area contributed by atoms with Crippen molar-refractivity contribution in [3.63, 3.8) is 0 Å². The molecule has 0 aliphatic rings. The van der Waals surface area contributed by atoms with Crippen molar-refractivity contribution < 1.29 is 4.92 Å². The van der Waals surface area contributed by atoms with Gasteiger partial charge in [0.2, 0.25) is 0 Å². The molecule has 2 rings (SSSR count). The highest BCUT2D eigenvalue weighted by Gasteiger charge is 2.17. The maximum atomic E-state index is 11.1. The van der Waals surface area contributed by atoms with Gasteiger partial charge >= 0.3 is 0 Å². The lowest BCUT2D eigenvalue weighted by molar-refractivity contribution is -0.384. The van der Waals surface area contributed by atoms with Crippen LogP contribution in [-0.2, 0) is 6.54 Å². The first-order chi connectivity index (χ1) is 10.0. The molecule has 0 saturated carbocycles. The number of nitrogens with one attached hydrogen (secondary N) is 1. The quantitative estimate of drug-likeness (QED) is 0.485. The first-order valence-electron chi connectivity index (χ1n) is 6.56. The molecular formula is C14H18N4O2S. The molecule has 6 nitrogen and oxygen atoms in total. The number of nitro groups is 1. The topological polar surface area (TPSA) is 84.4 Å². The van der Waals surface area contributed by atoms with E-state index >= 15 is 0 Å². The minimum absolute atomic E-state index is 0.0253. The molecule has 0 bridgehead atoms. The molecule has 1 heterocycles. The Balaban J connectivity index is 2.39. The van der Waals surface area contributed by atoms with Gasteiger partial charge in [-0.15, -0.1) is 11.3 Å². The maximum absolute atomic E-state index is 11.1. The normalized spacial score (nSPS) is 10.7. The molecule has 0 amide bonds. The van der Waals surface area contributed by atoms with E-state index in [1.54, 1.807) is 17.4 Å². The molecule has 0 atom stereocenters. The van der Waals surface area contributed by atoms with Crippen molar-refractivity contribution in [3.05, 3.63) is 50.7 Å². The first-order valence-corrected chi connectivity index (χ1v) is 7.44. The van der Waals surface area contributed by atoms with Crippen LogP contribution >= 0.6 is 11.3 Å². The first kappa shape index (κ1) is 15.3. The molecule has 0 aliphatic carbocycles. The predicted molar refractivity (Wildman–Crippen MR) is 86.5 cm³/mol. The van der Waals surface area contributed by atoms with Gasteiger partial charge in [-0.25, -0.2) is 0 Å². The zero-order chi connectivity index (χ0) is 15.4. The fourth-order valence-electron chi connectivity index (χ4n) is 2.09. The Morgan fingerprint density at radius 2 is 2.19 bits per heavy atom. The Hall–Kier alpha value is -2.12. The van der Waals surface area contributed by atoms with Gasteiger partial charge in [-0.05, 0) is 31.4 Å². The van der Waals surface area contributed by atoms with E-state index in [0.29, 0.717) is 12.2 Å². The number of hydrogen-bond donors (Lipinski definition) is 2. The lowest BCUT2D eigenvalue weighted by atomic mass is 10.2. The van der Waals surface area contributed by atoms with E-state index in [4.69, 9.17) is 5.84 Å². The van der Waals surface area contributed by atoms with Crippen LogP contribution in [0.25, 0.3) is 0 Å². The smallest absolute Gasteiger partial charge is 0.273 e. The van der Waals surface area contributed by atoms with Gasteiger partial charge in [0, 0.05) is 28.7 Å². The summed E-state index contributed by atoms with van der Waals surface area (Å²) in [6, 6.07) is 9.08. The second-order valence-corrected chi connectivity index (χ2v) is 5.97. The average molecular weight is 306 g/mol. The van der Waals surface area contributed by atoms with Crippen LogP contribution in [0.4, 0.5) is 17.1 Å². The molecular weight excluding hydrogens is 288 g/mol. The number of hydrogen-bond acceptors (Lipinski definition) is 6. The minimum Gasteiger partial charge on any atom is -0.364 e. The van der Waals surface area contributed by atoms with Gasteiger partial charge in [-0.2, -0.15) is 0 Å². The van der Waals surface area contributed by atoms with E-state index in [2.05, 4.69) is 30.2 Å². The third kappa shape index (κ3) is 3.71. The number of non-ortho nitro benzene ring substituents is 1. The fraction of sp³-hybridized carbons (Fsp3) is 0.286. The second kappa shape index (κ2) is 6.55. The summed E-state index contributed by atoms with van der Waals surface area (Å²) in [5, 5.41) is 13.1. The van der Waals surface area contributed by atoms with Crippen LogP contribution in [0.3, 0.4) is 0 Å². The number of thiophene rings is 1. The number of benzene rings is 1. The minimum atomic E-state index is -0.409. The van der Waals surface area contributed by atoms with Gasteiger partial charge in [-0.1, -0.05) is 6.07 Å². The van der Waals surface area contributed by atoms with Crippen molar-refractivity contribution in [1.29, 1.82) is 0 Å². The van der Waals surface area contributed by atoms with Crippen molar-refractivity contribution in [3.8, 4) is 0 Å². The zero-order valence-corrected chi connectivity index (χ0v) is 12.8. The molecule has 7 heteroatoms. The van der Waals surface area contributed by atoms with E-state index < -0.39 is 4.92 Å². The fourth-order valence-corrected chi connectivity index (χ4v) is 2.79. The maximum Gasteiger partial charge on any atom is 0.273 e. The molecule has 1 aromatic carbocycles. The Labute approximate surface area is 127 Å². The van der Waals surface area contributed by atoms with Gasteiger partial charge in [0.15, 0.2) is 0 Å². The molecule has 0 aliphatic heterocycles. The highest BCUT2D eigenvalue weighted by molar-refractivity contribution is 7.09. The van der Waals surface area contributed by atoms with E-state index in [1.807, 2.05) is 17.5 Å². The number of rotatable bonds is 6. The molecule has 21 heavy (non-hydrogen) atoms. The van der Waals surface area contributed by atoms with Gasteiger partial charge in [0.05, 0.1) is 17.2 Å². The number of nitrogen functional groups attached to an aromatic ring is 1. The molecule has 112 valence electrons. The third-order valence-electron chi connectivity index (χ3n) is 3.14. The summed E-state index contributed by atoms with van der Waals surface area (Å²) in [4.78, 5) is 14.0. The summed E-state index contributed by atoms with van der Waals surface area (Å²) >= 11 is 1.67. The number of hydrazine groups is 1. The van der Waals surface area contributed by atoms with Crippen molar-refractivity contribution >= 4 is 28.4 Å². The highest BCUT2D eigenvalue weighted by Crippen LogP contribution is 2.29. The van der Waals surface area contributed by atoms with Crippen molar-refractivity contribution in [2.75, 3.05) is 10.3 Å². The standard InChI is InChI=1S/C14H18N4O2S/c1-10(2)17(9-14-4-3-5-21-14)12-6-11(16-15)7-13(8-12)18(19)20/h3-8,10,16H,9,15H2,1-2H3. The van der Waals surface area contributed by atoms with Gasteiger partial charge in [0.25, 0.3) is 5.69 Å². The second-order valence-electron chi connectivity index (χ2n) is 4.94.